The van der Waals surface area contributed by atoms with Crippen molar-refractivity contribution in [3.8, 4) is 0 Å². The molecule has 0 aromatic carbocycles. The van der Waals surface area contributed by atoms with Gasteiger partial charge in [-0.15, -0.1) is 11.3 Å². The minimum atomic E-state index is 0.681. The molecule has 0 unspecified atom stereocenters. The van der Waals surface area contributed by atoms with Crippen LogP contribution in [0.1, 0.15) is 35.8 Å². The van der Waals surface area contributed by atoms with Gasteiger partial charge in [-0.3, -0.25) is 4.99 Å². The van der Waals surface area contributed by atoms with Gasteiger partial charge in [0.05, 0.1) is 12.4 Å². The zero-order chi connectivity index (χ0) is 9.97. The Bertz CT molecular complexity index is 348. The van der Waals surface area contributed by atoms with Crippen LogP contribution in [0, 0.1) is 0 Å². The highest BCUT2D eigenvalue weighted by atomic mass is 32.1. The van der Waals surface area contributed by atoms with E-state index in [1.807, 2.05) is 18.3 Å². The Balaban J connectivity index is 2.18. The number of rotatable bonds is 2. The summed E-state index contributed by atoms with van der Waals surface area (Å²) >= 11 is 1.89. The lowest BCUT2D eigenvalue weighted by Crippen LogP contribution is -2.06. The lowest BCUT2D eigenvalue weighted by Gasteiger charge is -2.11. The van der Waals surface area contributed by atoms with Gasteiger partial charge in [0.25, 0.3) is 0 Å². The Kier molecular flexibility index (Phi) is 2.87. The van der Waals surface area contributed by atoms with Crippen molar-refractivity contribution in [1.82, 2.24) is 0 Å². The highest BCUT2D eigenvalue weighted by molar-refractivity contribution is 7.10. The third kappa shape index (κ3) is 1.98. The molecule has 2 nitrogen and oxygen atoms in total. The largest absolute Gasteiger partial charge is 0.388 e. The molecule has 1 aromatic heterocycles. The number of nitrogens with two attached hydrogens (primary N) is 1. The van der Waals surface area contributed by atoms with Gasteiger partial charge in [0.15, 0.2) is 0 Å². The van der Waals surface area contributed by atoms with Crippen LogP contribution in [0.3, 0.4) is 0 Å². The van der Waals surface area contributed by atoms with Crippen molar-refractivity contribution < 1.29 is 0 Å². The van der Waals surface area contributed by atoms with Crippen molar-refractivity contribution in [2.75, 3.05) is 0 Å². The molecule has 0 radical (unpaired) electrons. The van der Waals surface area contributed by atoms with E-state index in [2.05, 4.69) is 10.4 Å². The molecule has 0 spiro atoms. The summed E-state index contributed by atoms with van der Waals surface area (Å²) in [7, 11) is 0. The van der Waals surface area contributed by atoms with Gasteiger partial charge < -0.3 is 5.73 Å². The molecular weight excluding hydrogens is 192 g/mol. The van der Waals surface area contributed by atoms with Crippen molar-refractivity contribution in [3.05, 3.63) is 21.4 Å². The van der Waals surface area contributed by atoms with Crippen molar-refractivity contribution >= 4 is 17.2 Å². The van der Waals surface area contributed by atoms with E-state index in [-0.39, 0.29) is 0 Å². The summed E-state index contributed by atoms with van der Waals surface area (Å²) in [6.07, 6.45) is 5.20. The maximum absolute atomic E-state index is 5.54. The summed E-state index contributed by atoms with van der Waals surface area (Å²) in [4.78, 5) is 5.86. The van der Waals surface area contributed by atoms with E-state index < -0.39 is 0 Å². The Labute approximate surface area is 88.9 Å². The van der Waals surface area contributed by atoms with Crippen molar-refractivity contribution in [2.24, 2.45) is 10.7 Å². The molecule has 0 saturated carbocycles. The zero-order valence-corrected chi connectivity index (χ0v) is 9.36. The van der Waals surface area contributed by atoms with Gasteiger partial charge in [-0.05, 0) is 49.1 Å². The Morgan fingerprint density at radius 1 is 1.50 bits per heavy atom. The van der Waals surface area contributed by atoms with Crippen LogP contribution in [0.4, 0.5) is 0 Å². The first kappa shape index (κ1) is 9.71. The summed E-state index contributed by atoms with van der Waals surface area (Å²) in [6.45, 7) is 2.62. The molecule has 0 atom stereocenters. The van der Waals surface area contributed by atoms with E-state index in [4.69, 9.17) is 5.73 Å². The molecular formula is C11H16N2S. The molecule has 76 valence electrons. The number of fused-ring (bicyclic) bond motifs is 1. The van der Waals surface area contributed by atoms with Crippen LogP contribution in [-0.4, -0.2) is 5.84 Å². The van der Waals surface area contributed by atoms with E-state index in [9.17, 15) is 0 Å². The van der Waals surface area contributed by atoms with E-state index in [1.54, 1.807) is 10.4 Å². The molecule has 1 aliphatic rings. The fraction of sp³-hybridized carbons (Fsp3) is 0.545. The van der Waals surface area contributed by atoms with E-state index in [0.29, 0.717) is 5.84 Å². The lowest BCUT2D eigenvalue weighted by atomic mass is 9.96. The fourth-order valence-corrected chi connectivity index (χ4v) is 3.04. The number of hydrogen-bond donors (Lipinski definition) is 1. The first-order valence-electron chi connectivity index (χ1n) is 5.12. The maximum atomic E-state index is 5.54. The van der Waals surface area contributed by atoms with Crippen molar-refractivity contribution in [1.29, 1.82) is 0 Å². The number of hydrogen-bond acceptors (Lipinski definition) is 2. The van der Waals surface area contributed by atoms with Crippen LogP contribution >= 0.6 is 11.3 Å². The average molecular weight is 208 g/mol. The minimum absolute atomic E-state index is 0.681. The predicted octanol–water partition coefficient (Wildman–Crippen LogP) is 2.50. The van der Waals surface area contributed by atoms with Gasteiger partial charge in [0, 0.05) is 4.88 Å². The van der Waals surface area contributed by atoms with E-state index >= 15 is 0 Å². The molecule has 1 aliphatic carbocycles. The third-order valence-electron chi connectivity index (χ3n) is 2.65. The molecule has 0 amide bonds. The quantitative estimate of drug-likeness (QED) is 0.588. The molecule has 3 heteroatoms. The van der Waals surface area contributed by atoms with Crippen LogP contribution in [-0.2, 0) is 19.4 Å². The number of aliphatic imine (C=N–C) groups is 1. The van der Waals surface area contributed by atoms with E-state index in [1.165, 1.54) is 31.2 Å². The van der Waals surface area contributed by atoms with Crippen LogP contribution in [0.2, 0.25) is 0 Å². The molecule has 14 heavy (non-hydrogen) atoms. The average Bonchev–Trinajstić information content (AvgIpc) is 2.58. The second-order valence-corrected chi connectivity index (χ2v) is 4.79. The van der Waals surface area contributed by atoms with Crippen molar-refractivity contribution in [3.63, 3.8) is 0 Å². The van der Waals surface area contributed by atoms with Gasteiger partial charge in [-0.1, -0.05) is 0 Å². The zero-order valence-electron chi connectivity index (χ0n) is 8.55. The number of thiophene rings is 1. The SMILES string of the molecule is CC(N)=NCc1csc2c1CCCC2. The fourth-order valence-electron chi connectivity index (χ4n) is 1.90. The van der Waals surface area contributed by atoms with Gasteiger partial charge in [-0.25, -0.2) is 0 Å². The monoisotopic (exact) mass is 208 g/mol. The summed E-state index contributed by atoms with van der Waals surface area (Å²) in [5.74, 6) is 0.681. The maximum Gasteiger partial charge on any atom is 0.0909 e. The normalized spacial score (nSPS) is 16.8. The first-order valence-corrected chi connectivity index (χ1v) is 6.00. The number of amidine groups is 1. The Hall–Kier alpha value is -0.830. The smallest absolute Gasteiger partial charge is 0.0909 e. The van der Waals surface area contributed by atoms with Gasteiger partial charge in [0.1, 0.15) is 0 Å². The number of nitrogens with zero attached hydrogens (tertiary/aromatic N) is 1. The molecule has 0 fully saturated rings. The third-order valence-corrected chi connectivity index (χ3v) is 3.78. The molecule has 0 bridgehead atoms. The molecule has 0 aliphatic heterocycles. The summed E-state index contributed by atoms with van der Waals surface area (Å²) in [5.41, 5.74) is 8.50. The Morgan fingerprint density at radius 3 is 3.07 bits per heavy atom. The molecule has 2 rings (SSSR count). The summed E-state index contributed by atoms with van der Waals surface area (Å²) in [6, 6.07) is 0. The van der Waals surface area contributed by atoms with Crippen LogP contribution in [0.15, 0.2) is 10.4 Å². The van der Waals surface area contributed by atoms with Crippen LogP contribution in [0.25, 0.3) is 0 Å². The van der Waals surface area contributed by atoms with Crippen LogP contribution < -0.4 is 5.73 Å². The van der Waals surface area contributed by atoms with Crippen LogP contribution in [0.5, 0.6) is 0 Å². The highest BCUT2D eigenvalue weighted by Gasteiger charge is 2.14. The predicted molar refractivity (Wildman–Crippen MR) is 62.0 cm³/mol. The van der Waals surface area contributed by atoms with Gasteiger partial charge >= 0.3 is 0 Å². The summed E-state index contributed by atoms with van der Waals surface area (Å²) < 4.78 is 0. The first-order chi connectivity index (χ1) is 6.77. The summed E-state index contributed by atoms with van der Waals surface area (Å²) in [5, 5.41) is 2.25. The second kappa shape index (κ2) is 4.13. The Morgan fingerprint density at radius 2 is 2.29 bits per heavy atom. The molecule has 2 N–H and O–H groups in total. The van der Waals surface area contributed by atoms with Crippen molar-refractivity contribution in [2.45, 2.75) is 39.2 Å². The molecule has 1 aromatic rings. The second-order valence-electron chi connectivity index (χ2n) is 3.83. The van der Waals surface area contributed by atoms with Gasteiger partial charge in [-0.2, -0.15) is 0 Å². The van der Waals surface area contributed by atoms with E-state index in [0.717, 1.165) is 6.54 Å². The minimum Gasteiger partial charge on any atom is -0.388 e. The standard InChI is InChI=1S/C11H16N2S/c1-8(12)13-6-9-7-14-11-5-3-2-4-10(9)11/h7H,2-6H2,1H3,(H2,12,13). The highest BCUT2D eigenvalue weighted by Crippen LogP contribution is 2.30. The molecule has 0 saturated heterocycles. The van der Waals surface area contributed by atoms with Gasteiger partial charge in [0.2, 0.25) is 0 Å². The molecule has 1 heterocycles. The topological polar surface area (TPSA) is 38.4 Å². The lowest BCUT2D eigenvalue weighted by molar-refractivity contribution is 0.691. The number of aryl methyl sites for hydroxylation is 1.